The van der Waals surface area contributed by atoms with Crippen LogP contribution in [0.5, 0.6) is 0 Å². The molecule has 0 bridgehead atoms. The van der Waals surface area contributed by atoms with Crippen molar-refractivity contribution in [3.63, 3.8) is 0 Å². The van der Waals surface area contributed by atoms with E-state index in [9.17, 15) is 9.65 Å². The number of nitrogens with one attached hydrogen (secondary N) is 2. The highest BCUT2D eigenvalue weighted by molar-refractivity contribution is 5.98. The van der Waals surface area contributed by atoms with Gasteiger partial charge in [0.2, 0.25) is 11.9 Å². The van der Waals surface area contributed by atoms with Crippen molar-refractivity contribution >= 4 is 23.3 Å². The van der Waals surface area contributed by atoms with Gasteiger partial charge in [-0.2, -0.15) is 14.9 Å². The summed E-state index contributed by atoms with van der Waals surface area (Å²) in [4.78, 5) is 12.5. The number of nitrogens with two attached hydrogens (primary N) is 2. The Morgan fingerprint density at radius 2 is 1.97 bits per heavy atom. The number of anilines is 3. The first kappa shape index (κ1) is 19.6. The van der Waals surface area contributed by atoms with Gasteiger partial charge >= 0.3 is 0 Å². The van der Waals surface area contributed by atoms with Crippen molar-refractivity contribution in [1.82, 2.24) is 15.3 Å². The van der Waals surface area contributed by atoms with Gasteiger partial charge in [0, 0.05) is 17.3 Å². The number of pyridine rings is 2. The van der Waals surface area contributed by atoms with Gasteiger partial charge in [0.25, 0.3) is 0 Å². The third-order valence-corrected chi connectivity index (χ3v) is 4.83. The molecule has 2 aromatic heterocycles. The minimum Gasteiger partial charge on any atom is -0.397 e. The van der Waals surface area contributed by atoms with Crippen LogP contribution in [-0.4, -0.2) is 15.9 Å². The molecule has 0 saturated carbocycles. The summed E-state index contributed by atoms with van der Waals surface area (Å²) < 4.78 is 13.3. The Morgan fingerprint density at radius 1 is 1.16 bits per heavy atom. The molecule has 1 aliphatic heterocycles. The first-order chi connectivity index (χ1) is 14.9. The average Bonchev–Trinajstić information content (AvgIpc) is 2.73. The van der Waals surface area contributed by atoms with Gasteiger partial charge in [-0.25, -0.2) is 15.0 Å². The van der Waals surface area contributed by atoms with Crippen LogP contribution in [0, 0.1) is 35.7 Å². The molecular formula is C21H16FN9. The average molecular weight is 413 g/mol. The zero-order valence-electron chi connectivity index (χ0n) is 16.3. The molecule has 0 saturated heterocycles. The zero-order valence-corrected chi connectivity index (χ0v) is 16.3. The third kappa shape index (κ3) is 3.54. The molecule has 10 heteroatoms. The Hall–Kier alpha value is -4.70. The Bertz CT molecular complexity index is 1300. The number of aromatic nitrogens is 2. The van der Waals surface area contributed by atoms with E-state index in [1.165, 1.54) is 12.3 Å². The largest absolute Gasteiger partial charge is 0.397 e. The summed E-state index contributed by atoms with van der Waals surface area (Å²) in [6.07, 6.45) is 3.26. The van der Waals surface area contributed by atoms with Crippen LogP contribution in [0.4, 0.5) is 21.7 Å². The number of hydrogen-bond donors (Lipinski definition) is 4. The number of hydrogen-bond acceptors (Lipinski definition) is 9. The number of nitriles is 2. The summed E-state index contributed by atoms with van der Waals surface area (Å²) in [6.45, 7) is 1.91. The van der Waals surface area contributed by atoms with E-state index in [0.29, 0.717) is 11.4 Å². The highest BCUT2D eigenvalue weighted by Crippen LogP contribution is 2.41. The van der Waals surface area contributed by atoms with Crippen LogP contribution in [0.2, 0.25) is 0 Å². The second-order valence-electron chi connectivity index (χ2n) is 6.90. The molecule has 3 aromatic rings. The number of aliphatic imine (C=N–C) groups is 1. The number of nitrogens with zero attached hydrogens (tertiary/aromatic N) is 5. The quantitative estimate of drug-likeness (QED) is 0.283. The van der Waals surface area contributed by atoms with E-state index >= 15 is 0 Å². The fourth-order valence-electron chi connectivity index (χ4n) is 3.51. The van der Waals surface area contributed by atoms with Crippen molar-refractivity contribution in [1.29, 1.82) is 10.5 Å². The molecule has 6 N–H and O–H groups in total. The number of rotatable bonds is 2. The third-order valence-electron chi connectivity index (χ3n) is 4.83. The van der Waals surface area contributed by atoms with E-state index in [1.807, 2.05) is 37.4 Å². The molecule has 0 amide bonds. The first-order valence-corrected chi connectivity index (χ1v) is 9.13. The smallest absolute Gasteiger partial charge is 0.212 e. The van der Waals surface area contributed by atoms with E-state index in [4.69, 9.17) is 16.7 Å². The van der Waals surface area contributed by atoms with Gasteiger partial charge in [0.05, 0.1) is 5.69 Å². The summed E-state index contributed by atoms with van der Waals surface area (Å²) in [5.74, 6) is -0.118. The van der Waals surface area contributed by atoms with Gasteiger partial charge < -0.3 is 16.8 Å². The predicted molar refractivity (Wildman–Crippen MR) is 114 cm³/mol. The molecule has 9 nitrogen and oxygen atoms in total. The van der Waals surface area contributed by atoms with Gasteiger partial charge in [0.15, 0.2) is 6.19 Å². The lowest BCUT2D eigenvalue weighted by atomic mass is 9.91. The van der Waals surface area contributed by atoms with Crippen molar-refractivity contribution in [3.8, 4) is 23.4 Å². The second kappa shape index (κ2) is 7.61. The van der Waals surface area contributed by atoms with Gasteiger partial charge in [-0.15, -0.1) is 0 Å². The molecule has 31 heavy (non-hydrogen) atoms. The van der Waals surface area contributed by atoms with Crippen LogP contribution in [0.1, 0.15) is 28.3 Å². The summed E-state index contributed by atoms with van der Waals surface area (Å²) in [5, 5.41) is 23.8. The SMILES string of the molecule is Cc1cc(-c2ccc(F)nc2)cc(C2N=C(NC#N)Nc3nc(N)c(C#N)c(N)c32)c1. The van der Waals surface area contributed by atoms with E-state index in [1.54, 1.807) is 6.07 Å². The van der Waals surface area contributed by atoms with Crippen molar-refractivity contribution in [3.05, 3.63) is 64.7 Å². The van der Waals surface area contributed by atoms with Crippen LogP contribution in [0.15, 0.2) is 41.5 Å². The van der Waals surface area contributed by atoms with Gasteiger partial charge in [-0.3, -0.25) is 5.32 Å². The maximum atomic E-state index is 13.3. The summed E-state index contributed by atoms with van der Waals surface area (Å²) in [6, 6.07) is 9.95. The first-order valence-electron chi connectivity index (χ1n) is 9.13. The highest BCUT2D eigenvalue weighted by Gasteiger charge is 2.30. The molecule has 0 spiro atoms. The van der Waals surface area contributed by atoms with Gasteiger partial charge in [-0.1, -0.05) is 17.7 Å². The molecule has 1 aromatic carbocycles. The van der Waals surface area contributed by atoms with E-state index < -0.39 is 12.0 Å². The normalized spacial score (nSPS) is 14.5. The number of benzene rings is 1. The van der Waals surface area contributed by atoms with E-state index in [0.717, 1.165) is 22.3 Å². The monoisotopic (exact) mass is 413 g/mol. The van der Waals surface area contributed by atoms with Crippen LogP contribution in [-0.2, 0) is 0 Å². The topological polar surface area (TPSA) is 162 Å². The Balaban J connectivity index is 1.92. The lowest BCUT2D eigenvalue weighted by Crippen LogP contribution is -2.32. The summed E-state index contributed by atoms with van der Waals surface area (Å²) in [7, 11) is 0. The standard InChI is InChI=1S/C21H16FN9/c1-10-4-12(11-2-3-15(22)27-8-11)6-13(5-10)18-16-17(25)14(7-23)19(26)30-20(16)31-21(29-18)28-9-24/h2-6,8,18H,1H3,(H6,25,26,28,29,30,31). The number of fused-ring (bicyclic) bond motifs is 1. The Morgan fingerprint density at radius 3 is 2.65 bits per heavy atom. The van der Waals surface area contributed by atoms with Crippen molar-refractivity contribution < 1.29 is 4.39 Å². The molecular weight excluding hydrogens is 397 g/mol. The van der Waals surface area contributed by atoms with Crippen LogP contribution >= 0.6 is 0 Å². The molecule has 4 rings (SSSR count). The lowest BCUT2D eigenvalue weighted by molar-refractivity contribution is 0.584. The molecule has 0 radical (unpaired) electrons. The van der Waals surface area contributed by atoms with Gasteiger partial charge in [-0.05, 0) is 36.2 Å². The summed E-state index contributed by atoms with van der Waals surface area (Å²) >= 11 is 0. The fourth-order valence-corrected chi connectivity index (χ4v) is 3.51. The minimum absolute atomic E-state index is 0.0227. The van der Waals surface area contributed by atoms with Crippen LogP contribution in [0.3, 0.4) is 0 Å². The highest BCUT2D eigenvalue weighted by atomic mass is 19.1. The molecule has 3 heterocycles. The molecule has 152 valence electrons. The van der Waals surface area contributed by atoms with Crippen molar-refractivity contribution in [2.75, 3.05) is 16.8 Å². The number of halogens is 1. The molecule has 1 aliphatic rings. The maximum Gasteiger partial charge on any atom is 0.212 e. The van der Waals surface area contributed by atoms with Crippen molar-refractivity contribution in [2.24, 2.45) is 4.99 Å². The summed E-state index contributed by atoms with van der Waals surface area (Å²) in [5.41, 5.74) is 16.0. The molecule has 1 atom stereocenters. The predicted octanol–water partition coefficient (Wildman–Crippen LogP) is 2.57. The number of aryl methyl sites for hydroxylation is 1. The maximum absolute atomic E-state index is 13.3. The second-order valence-corrected chi connectivity index (χ2v) is 6.90. The van der Waals surface area contributed by atoms with Crippen LogP contribution < -0.4 is 22.1 Å². The molecule has 1 unspecified atom stereocenters. The fraction of sp³-hybridized carbons (Fsp3) is 0.0952. The van der Waals surface area contributed by atoms with Crippen molar-refractivity contribution in [2.45, 2.75) is 13.0 Å². The van der Waals surface area contributed by atoms with E-state index in [2.05, 4.69) is 25.6 Å². The van der Waals surface area contributed by atoms with Crippen LogP contribution in [0.25, 0.3) is 11.1 Å². The minimum atomic E-state index is -0.667. The Labute approximate surface area is 176 Å². The zero-order chi connectivity index (χ0) is 22.1. The number of nitrogen functional groups attached to an aromatic ring is 2. The molecule has 0 aliphatic carbocycles. The lowest BCUT2D eigenvalue weighted by Gasteiger charge is -2.26. The van der Waals surface area contributed by atoms with E-state index in [-0.39, 0.29) is 23.0 Å². The van der Waals surface area contributed by atoms with Gasteiger partial charge in [0.1, 0.15) is 29.3 Å². The molecule has 0 fully saturated rings. The Kier molecular flexibility index (Phi) is 4.82. The number of guanidine groups is 1.